The molecular formula is C9H15N3O. The maximum absolute atomic E-state index is 11.1. The Hall–Kier alpha value is -1.32. The van der Waals surface area contributed by atoms with Gasteiger partial charge in [0.2, 0.25) is 5.91 Å². The van der Waals surface area contributed by atoms with Crippen molar-refractivity contribution in [3.05, 3.63) is 18.2 Å². The van der Waals surface area contributed by atoms with Crippen molar-refractivity contribution >= 4 is 5.91 Å². The Morgan fingerprint density at radius 2 is 2.46 bits per heavy atom. The molecule has 0 aliphatic carbocycles. The fraction of sp³-hybridized carbons (Fsp3) is 0.556. The molecule has 1 amide bonds. The number of hydrogen-bond donors (Lipinski definition) is 1. The van der Waals surface area contributed by atoms with E-state index < -0.39 is 0 Å². The van der Waals surface area contributed by atoms with Gasteiger partial charge in [0.1, 0.15) is 0 Å². The van der Waals surface area contributed by atoms with Crippen LogP contribution in [0.2, 0.25) is 0 Å². The molecule has 72 valence electrons. The summed E-state index contributed by atoms with van der Waals surface area (Å²) in [4.78, 5) is 15.1. The zero-order valence-electron chi connectivity index (χ0n) is 8.08. The van der Waals surface area contributed by atoms with Crippen LogP contribution in [-0.4, -0.2) is 15.5 Å². The Morgan fingerprint density at radius 1 is 1.69 bits per heavy atom. The molecule has 0 fully saturated rings. The summed E-state index contributed by atoms with van der Waals surface area (Å²) in [6.45, 7) is 2.55. The molecule has 4 heteroatoms. The zero-order chi connectivity index (χ0) is 9.68. The molecule has 1 aromatic heterocycles. The summed E-state index contributed by atoms with van der Waals surface area (Å²) >= 11 is 0. The fourth-order valence-corrected chi connectivity index (χ4v) is 1.06. The summed E-state index contributed by atoms with van der Waals surface area (Å²) in [5.74, 6) is 0.101. The Morgan fingerprint density at radius 3 is 3.00 bits per heavy atom. The average molecular weight is 181 g/mol. The lowest BCUT2D eigenvalue weighted by atomic mass is 10.3. The van der Waals surface area contributed by atoms with E-state index in [2.05, 4.69) is 10.3 Å². The quantitative estimate of drug-likeness (QED) is 0.748. The first-order valence-electron chi connectivity index (χ1n) is 4.46. The number of carbonyl (C=O) groups excluding carboxylic acids is 1. The van der Waals surface area contributed by atoms with E-state index in [1.165, 1.54) is 0 Å². The second-order valence-corrected chi connectivity index (χ2v) is 3.02. The minimum absolute atomic E-state index is 0.101. The molecule has 1 aromatic rings. The number of aromatic nitrogens is 2. The number of carbonyl (C=O) groups is 1. The molecule has 0 radical (unpaired) electrons. The van der Waals surface area contributed by atoms with E-state index in [1.54, 1.807) is 12.5 Å². The summed E-state index contributed by atoms with van der Waals surface area (Å²) < 4.78 is 1.90. The number of nitrogens with one attached hydrogen (secondary N) is 1. The number of hydrogen-bond acceptors (Lipinski definition) is 2. The third kappa shape index (κ3) is 2.89. The van der Waals surface area contributed by atoms with E-state index in [-0.39, 0.29) is 5.91 Å². The van der Waals surface area contributed by atoms with Crippen LogP contribution >= 0.6 is 0 Å². The zero-order valence-corrected chi connectivity index (χ0v) is 8.08. The van der Waals surface area contributed by atoms with E-state index in [9.17, 15) is 4.79 Å². The Balaban J connectivity index is 2.35. The standard InChI is InChI=1S/C9H15N3O/c1-3-4-9(13)11-6-8-5-10-7-12(8)2/h5,7H,3-4,6H2,1-2H3,(H,11,13). The lowest BCUT2D eigenvalue weighted by molar-refractivity contribution is -0.121. The van der Waals surface area contributed by atoms with E-state index >= 15 is 0 Å². The third-order valence-electron chi connectivity index (χ3n) is 1.86. The van der Waals surface area contributed by atoms with Gasteiger partial charge in [0, 0.05) is 19.7 Å². The maximum atomic E-state index is 11.1. The molecule has 4 nitrogen and oxygen atoms in total. The van der Waals surface area contributed by atoms with Gasteiger partial charge < -0.3 is 9.88 Å². The summed E-state index contributed by atoms with van der Waals surface area (Å²) in [7, 11) is 1.91. The molecule has 1 rings (SSSR count). The van der Waals surface area contributed by atoms with Crippen LogP contribution in [0.5, 0.6) is 0 Å². The first kappa shape index (κ1) is 9.77. The van der Waals surface area contributed by atoms with Crippen molar-refractivity contribution in [2.75, 3.05) is 0 Å². The number of nitrogens with zero attached hydrogens (tertiary/aromatic N) is 2. The van der Waals surface area contributed by atoms with E-state index in [0.29, 0.717) is 13.0 Å². The molecule has 1 N–H and O–H groups in total. The van der Waals surface area contributed by atoms with Crippen molar-refractivity contribution in [3.8, 4) is 0 Å². The normalized spacial score (nSPS) is 10.0. The van der Waals surface area contributed by atoms with Crippen molar-refractivity contribution in [1.29, 1.82) is 0 Å². The molecule has 0 saturated heterocycles. The number of aryl methyl sites for hydroxylation is 1. The van der Waals surface area contributed by atoms with E-state index in [0.717, 1.165) is 12.1 Å². The lowest BCUT2D eigenvalue weighted by Gasteiger charge is -2.04. The molecule has 0 saturated carbocycles. The number of amides is 1. The minimum atomic E-state index is 0.101. The highest BCUT2D eigenvalue weighted by Crippen LogP contribution is 1.95. The maximum Gasteiger partial charge on any atom is 0.220 e. The second kappa shape index (κ2) is 4.64. The molecule has 0 spiro atoms. The van der Waals surface area contributed by atoms with Gasteiger partial charge >= 0.3 is 0 Å². The van der Waals surface area contributed by atoms with E-state index in [1.807, 2.05) is 18.5 Å². The van der Waals surface area contributed by atoms with Gasteiger partial charge in [-0.05, 0) is 6.42 Å². The summed E-state index contributed by atoms with van der Waals surface area (Å²) in [5, 5.41) is 2.83. The lowest BCUT2D eigenvalue weighted by Crippen LogP contribution is -2.23. The van der Waals surface area contributed by atoms with Gasteiger partial charge in [-0.15, -0.1) is 0 Å². The van der Waals surface area contributed by atoms with Crippen LogP contribution < -0.4 is 5.32 Å². The Labute approximate surface area is 78.0 Å². The highest BCUT2D eigenvalue weighted by molar-refractivity contribution is 5.75. The predicted molar refractivity (Wildman–Crippen MR) is 50.0 cm³/mol. The Kier molecular flexibility index (Phi) is 3.49. The van der Waals surface area contributed by atoms with Crippen molar-refractivity contribution < 1.29 is 4.79 Å². The first-order valence-corrected chi connectivity index (χ1v) is 4.46. The molecule has 0 aliphatic rings. The topological polar surface area (TPSA) is 46.9 Å². The molecule has 13 heavy (non-hydrogen) atoms. The van der Waals surface area contributed by atoms with Crippen LogP contribution in [0.1, 0.15) is 25.5 Å². The molecule has 0 atom stereocenters. The molecule has 0 aromatic carbocycles. The summed E-state index contributed by atoms with van der Waals surface area (Å²) in [5.41, 5.74) is 1.02. The Bertz CT molecular complexity index is 280. The van der Waals surface area contributed by atoms with Gasteiger partial charge in [0.15, 0.2) is 0 Å². The molecule has 1 heterocycles. The van der Waals surface area contributed by atoms with Gasteiger partial charge in [-0.2, -0.15) is 0 Å². The average Bonchev–Trinajstić information content (AvgIpc) is 2.48. The largest absolute Gasteiger partial charge is 0.350 e. The molecule has 0 unspecified atom stereocenters. The second-order valence-electron chi connectivity index (χ2n) is 3.02. The van der Waals surface area contributed by atoms with Crippen molar-refractivity contribution in [2.24, 2.45) is 7.05 Å². The summed E-state index contributed by atoms with van der Waals surface area (Å²) in [6.07, 6.45) is 4.96. The van der Waals surface area contributed by atoms with Gasteiger partial charge in [0.05, 0.1) is 18.6 Å². The smallest absolute Gasteiger partial charge is 0.220 e. The fourth-order valence-electron chi connectivity index (χ4n) is 1.06. The van der Waals surface area contributed by atoms with Crippen LogP contribution in [0.25, 0.3) is 0 Å². The van der Waals surface area contributed by atoms with Crippen LogP contribution in [0, 0.1) is 0 Å². The SMILES string of the molecule is CCCC(=O)NCc1cncn1C. The number of rotatable bonds is 4. The van der Waals surface area contributed by atoms with Gasteiger partial charge in [0.25, 0.3) is 0 Å². The molecule has 0 aliphatic heterocycles. The van der Waals surface area contributed by atoms with Crippen LogP contribution in [0.3, 0.4) is 0 Å². The van der Waals surface area contributed by atoms with Crippen molar-refractivity contribution in [2.45, 2.75) is 26.3 Å². The number of imidazole rings is 1. The highest BCUT2D eigenvalue weighted by Gasteiger charge is 2.01. The van der Waals surface area contributed by atoms with Gasteiger partial charge in [-0.1, -0.05) is 6.92 Å². The van der Waals surface area contributed by atoms with Gasteiger partial charge in [-0.25, -0.2) is 4.98 Å². The van der Waals surface area contributed by atoms with Crippen LogP contribution in [0.15, 0.2) is 12.5 Å². The first-order chi connectivity index (χ1) is 6.24. The van der Waals surface area contributed by atoms with Gasteiger partial charge in [-0.3, -0.25) is 4.79 Å². The summed E-state index contributed by atoms with van der Waals surface area (Å²) in [6, 6.07) is 0. The molecular weight excluding hydrogens is 166 g/mol. The monoisotopic (exact) mass is 181 g/mol. The van der Waals surface area contributed by atoms with Crippen LogP contribution in [0.4, 0.5) is 0 Å². The van der Waals surface area contributed by atoms with Crippen molar-refractivity contribution in [3.63, 3.8) is 0 Å². The van der Waals surface area contributed by atoms with Crippen molar-refractivity contribution in [1.82, 2.24) is 14.9 Å². The predicted octanol–water partition coefficient (Wildman–Crippen LogP) is 0.836. The van der Waals surface area contributed by atoms with E-state index in [4.69, 9.17) is 0 Å². The van der Waals surface area contributed by atoms with Crippen LogP contribution in [-0.2, 0) is 18.4 Å². The minimum Gasteiger partial charge on any atom is -0.350 e. The molecule has 0 bridgehead atoms. The third-order valence-corrected chi connectivity index (χ3v) is 1.86. The highest BCUT2D eigenvalue weighted by atomic mass is 16.1.